The van der Waals surface area contributed by atoms with E-state index in [1.54, 1.807) is 29.3 Å². The number of thioether (sulfide) groups is 1. The lowest BCUT2D eigenvalue weighted by atomic mass is 10.2. The van der Waals surface area contributed by atoms with E-state index >= 15 is 0 Å². The average Bonchev–Trinajstić information content (AvgIpc) is 2.85. The molecule has 0 aliphatic carbocycles. The largest absolute Gasteiger partial charge is 0.282 e. The van der Waals surface area contributed by atoms with Gasteiger partial charge in [-0.1, -0.05) is 35.9 Å². The lowest BCUT2D eigenvalue weighted by Crippen LogP contribution is -2.29. The fourth-order valence-corrected chi connectivity index (χ4v) is 3.34. The van der Waals surface area contributed by atoms with Crippen LogP contribution in [0.4, 0.5) is 5.82 Å². The molecule has 0 atom stereocenters. The van der Waals surface area contributed by atoms with E-state index in [-0.39, 0.29) is 5.91 Å². The Morgan fingerprint density at radius 3 is 2.88 bits per heavy atom. The number of amidine groups is 1. The number of amides is 1. The van der Waals surface area contributed by atoms with Gasteiger partial charge in [0.1, 0.15) is 0 Å². The highest BCUT2D eigenvalue weighted by Gasteiger charge is 2.32. The van der Waals surface area contributed by atoms with E-state index in [0.29, 0.717) is 27.5 Å². The third kappa shape index (κ3) is 3.75. The summed E-state index contributed by atoms with van der Waals surface area (Å²) < 4.78 is 0. The minimum absolute atomic E-state index is 0.102. The summed E-state index contributed by atoms with van der Waals surface area (Å²) in [6.07, 6.45) is 5.16. The van der Waals surface area contributed by atoms with Crippen molar-refractivity contribution in [3.63, 3.8) is 0 Å². The molecule has 3 rings (SSSR count). The van der Waals surface area contributed by atoms with E-state index in [4.69, 9.17) is 11.6 Å². The van der Waals surface area contributed by atoms with Gasteiger partial charge in [0.2, 0.25) is 0 Å². The van der Waals surface area contributed by atoms with Gasteiger partial charge >= 0.3 is 0 Å². The summed E-state index contributed by atoms with van der Waals surface area (Å²) in [7, 11) is 0. The number of carbonyl (C=O) groups excluding carboxylic acids is 1. The van der Waals surface area contributed by atoms with Crippen LogP contribution < -0.4 is 0 Å². The van der Waals surface area contributed by atoms with Crippen LogP contribution in [0.15, 0.2) is 71.2 Å². The standard InChI is InChI=1S/C18H14ClN3OS/c1-2-10-22-17(23)15(12-13-6-5-7-14(19)11-13)24-18(22)21-16-8-3-4-9-20-16/h2-9,11-12H,1,10H2/b15-12-,21-18+. The number of nitrogens with zero attached hydrogens (tertiary/aromatic N) is 3. The highest BCUT2D eigenvalue weighted by molar-refractivity contribution is 8.18. The smallest absolute Gasteiger partial charge is 0.267 e. The average molecular weight is 356 g/mol. The summed E-state index contributed by atoms with van der Waals surface area (Å²) in [5.41, 5.74) is 0.871. The zero-order valence-electron chi connectivity index (χ0n) is 12.7. The normalized spacial score (nSPS) is 17.7. The molecule has 1 fully saturated rings. The second-order valence-electron chi connectivity index (χ2n) is 4.95. The SMILES string of the molecule is C=CCN1C(=O)/C(=C/c2cccc(Cl)c2)S/C1=N/c1ccccn1. The highest BCUT2D eigenvalue weighted by Crippen LogP contribution is 2.33. The predicted octanol–water partition coefficient (Wildman–Crippen LogP) is 4.53. The number of halogens is 1. The van der Waals surface area contributed by atoms with Gasteiger partial charge in [-0.25, -0.2) is 9.98 Å². The molecule has 0 unspecified atom stereocenters. The van der Waals surface area contributed by atoms with E-state index in [1.165, 1.54) is 11.8 Å². The fraction of sp³-hybridized carbons (Fsp3) is 0.0556. The predicted molar refractivity (Wildman–Crippen MR) is 100 cm³/mol. The highest BCUT2D eigenvalue weighted by atomic mass is 35.5. The molecule has 4 nitrogen and oxygen atoms in total. The maximum Gasteiger partial charge on any atom is 0.267 e. The first-order valence-corrected chi connectivity index (χ1v) is 8.44. The van der Waals surface area contributed by atoms with E-state index < -0.39 is 0 Å². The first-order valence-electron chi connectivity index (χ1n) is 7.25. The Labute approximate surface area is 149 Å². The molecule has 1 aliphatic heterocycles. The molecule has 0 spiro atoms. The van der Waals surface area contributed by atoms with Crippen molar-refractivity contribution in [3.05, 3.63) is 76.8 Å². The van der Waals surface area contributed by atoms with Crippen LogP contribution in [0.25, 0.3) is 6.08 Å². The maximum atomic E-state index is 12.6. The fourth-order valence-electron chi connectivity index (χ4n) is 2.15. The van der Waals surface area contributed by atoms with Crippen molar-refractivity contribution < 1.29 is 4.79 Å². The second kappa shape index (κ2) is 7.47. The Bertz CT molecular complexity index is 833. The molecule has 1 saturated heterocycles. The van der Waals surface area contributed by atoms with Crippen molar-refractivity contribution in [2.24, 2.45) is 4.99 Å². The molecule has 6 heteroatoms. The first kappa shape index (κ1) is 16.5. The molecule has 2 heterocycles. The van der Waals surface area contributed by atoms with Crippen molar-refractivity contribution in [1.29, 1.82) is 0 Å². The Morgan fingerprint density at radius 2 is 2.17 bits per heavy atom. The Morgan fingerprint density at radius 1 is 1.29 bits per heavy atom. The second-order valence-corrected chi connectivity index (χ2v) is 6.40. The monoisotopic (exact) mass is 355 g/mol. The lowest BCUT2D eigenvalue weighted by molar-refractivity contribution is -0.121. The van der Waals surface area contributed by atoms with Gasteiger partial charge in [0.05, 0.1) is 4.91 Å². The molecule has 0 N–H and O–H groups in total. The van der Waals surface area contributed by atoms with Gasteiger partial charge in [-0.05, 0) is 47.7 Å². The minimum Gasteiger partial charge on any atom is -0.282 e. The van der Waals surface area contributed by atoms with Gasteiger partial charge in [-0.15, -0.1) is 6.58 Å². The van der Waals surface area contributed by atoms with E-state index in [1.807, 2.05) is 36.4 Å². The molecule has 0 bridgehead atoms. The van der Waals surface area contributed by atoms with Crippen LogP contribution in [0.2, 0.25) is 5.02 Å². The van der Waals surface area contributed by atoms with Crippen LogP contribution in [0.5, 0.6) is 0 Å². The Kier molecular flexibility index (Phi) is 5.13. The van der Waals surface area contributed by atoms with Gasteiger partial charge in [0, 0.05) is 17.8 Å². The summed E-state index contributed by atoms with van der Waals surface area (Å²) in [5, 5.41) is 1.22. The third-order valence-corrected chi connectivity index (χ3v) is 4.45. The number of benzene rings is 1. The molecular formula is C18H14ClN3OS. The third-order valence-electron chi connectivity index (χ3n) is 3.21. The maximum absolute atomic E-state index is 12.6. The summed E-state index contributed by atoms with van der Waals surface area (Å²) in [5.74, 6) is 0.459. The molecular weight excluding hydrogens is 342 g/mol. The van der Waals surface area contributed by atoms with Crippen molar-refractivity contribution >= 4 is 46.3 Å². The number of aliphatic imine (C=N–C) groups is 1. The van der Waals surface area contributed by atoms with Gasteiger partial charge in [-0.2, -0.15) is 0 Å². The van der Waals surface area contributed by atoms with Crippen LogP contribution in [0.3, 0.4) is 0 Å². The van der Waals surface area contributed by atoms with E-state index in [0.717, 1.165) is 5.56 Å². The summed E-state index contributed by atoms with van der Waals surface area (Å²) >= 11 is 7.32. The van der Waals surface area contributed by atoms with Gasteiger partial charge in [0.25, 0.3) is 5.91 Å². The number of rotatable bonds is 4. The zero-order valence-corrected chi connectivity index (χ0v) is 14.3. The number of carbonyl (C=O) groups is 1. The van der Waals surface area contributed by atoms with Crippen molar-refractivity contribution in [2.45, 2.75) is 0 Å². The number of hydrogen-bond acceptors (Lipinski definition) is 4. The number of hydrogen-bond donors (Lipinski definition) is 0. The molecule has 1 aliphatic rings. The zero-order chi connectivity index (χ0) is 16.9. The molecule has 120 valence electrons. The topological polar surface area (TPSA) is 45.6 Å². The Balaban J connectivity index is 1.95. The van der Waals surface area contributed by atoms with Crippen LogP contribution in [0.1, 0.15) is 5.56 Å². The summed E-state index contributed by atoms with van der Waals surface area (Å²) in [6, 6.07) is 12.8. The minimum atomic E-state index is -0.102. The van der Waals surface area contributed by atoms with E-state index in [9.17, 15) is 4.79 Å². The van der Waals surface area contributed by atoms with Crippen LogP contribution in [0, 0.1) is 0 Å². The molecule has 0 radical (unpaired) electrons. The molecule has 0 saturated carbocycles. The molecule has 1 aromatic carbocycles. The van der Waals surface area contributed by atoms with Gasteiger partial charge < -0.3 is 0 Å². The summed E-state index contributed by atoms with van der Waals surface area (Å²) in [4.78, 5) is 23.5. The Hall–Kier alpha value is -2.37. The van der Waals surface area contributed by atoms with E-state index in [2.05, 4.69) is 16.6 Å². The van der Waals surface area contributed by atoms with Gasteiger partial charge in [-0.3, -0.25) is 9.69 Å². The molecule has 1 amide bonds. The first-order chi connectivity index (χ1) is 11.7. The van der Waals surface area contributed by atoms with Crippen molar-refractivity contribution in [3.8, 4) is 0 Å². The van der Waals surface area contributed by atoms with Crippen LogP contribution >= 0.6 is 23.4 Å². The lowest BCUT2D eigenvalue weighted by Gasteiger charge is -2.12. The number of aromatic nitrogens is 1. The van der Waals surface area contributed by atoms with Crippen molar-refractivity contribution in [1.82, 2.24) is 9.88 Å². The molecule has 1 aromatic heterocycles. The quantitative estimate of drug-likeness (QED) is 0.598. The summed E-state index contributed by atoms with van der Waals surface area (Å²) in [6.45, 7) is 4.10. The van der Waals surface area contributed by atoms with Crippen LogP contribution in [-0.4, -0.2) is 27.5 Å². The number of pyridine rings is 1. The van der Waals surface area contributed by atoms with Gasteiger partial charge in [0.15, 0.2) is 11.0 Å². The van der Waals surface area contributed by atoms with Crippen molar-refractivity contribution in [2.75, 3.05) is 6.54 Å². The molecule has 2 aromatic rings. The molecule has 24 heavy (non-hydrogen) atoms. The van der Waals surface area contributed by atoms with Crippen LogP contribution in [-0.2, 0) is 4.79 Å².